The van der Waals surface area contributed by atoms with Crippen LogP contribution >= 0.6 is 11.8 Å². The van der Waals surface area contributed by atoms with Crippen LogP contribution in [-0.4, -0.2) is 48.0 Å². The molecule has 17 heavy (non-hydrogen) atoms. The Labute approximate surface area is 110 Å². The predicted molar refractivity (Wildman–Crippen MR) is 75.5 cm³/mol. The zero-order chi connectivity index (χ0) is 12.8. The van der Waals surface area contributed by atoms with Gasteiger partial charge in [-0.05, 0) is 39.4 Å². The van der Waals surface area contributed by atoms with Crippen LogP contribution in [0.2, 0.25) is 0 Å². The highest BCUT2D eigenvalue weighted by Gasteiger charge is 2.22. The molecule has 3 nitrogen and oxygen atoms in total. The summed E-state index contributed by atoms with van der Waals surface area (Å²) in [7, 11) is 1.88. The van der Waals surface area contributed by atoms with Crippen LogP contribution in [0.4, 0.5) is 0 Å². The molecule has 0 aromatic heterocycles. The van der Waals surface area contributed by atoms with Gasteiger partial charge in [-0.1, -0.05) is 6.42 Å². The van der Waals surface area contributed by atoms with Gasteiger partial charge in [0.05, 0.1) is 6.54 Å². The van der Waals surface area contributed by atoms with Gasteiger partial charge in [-0.15, -0.1) is 0 Å². The Morgan fingerprint density at radius 3 is 2.76 bits per heavy atom. The Morgan fingerprint density at radius 1 is 1.47 bits per heavy atom. The van der Waals surface area contributed by atoms with E-state index in [1.807, 2.05) is 37.6 Å². The van der Waals surface area contributed by atoms with Gasteiger partial charge in [0.25, 0.3) is 0 Å². The first kappa shape index (κ1) is 14.8. The summed E-state index contributed by atoms with van der Waals surface area (Å²) in [6, 6.07) is 0.820. The number of amides is 1. The van der Waals surface area contributed by atoms with E-state index in [1.54, 1.807) is 0 Å². The minimum absolute atomic E-state index is 0.200. The van der Waals surface area contributed by atoms with Gasteiger partial charge in [0.1, 0.15) is 0 Å². The van der Waals surface area contributed by atoms with E-state index >= 15 is 0 Å². The van der Waals surface area contributed by atoms with Crippen LogP contribution in [0.5, 0.6) is 0 Å². The molecule has 1 N–H and O–H groups in total. The molecule has 2 unspecified atom stereocenters. The smallest absolute Gasteiger partial charge is 0.236 e. The number of hydrogen-bond donors (Lipinski definition) is 1. The summed E-state index contributed by atoms with van der Waals surface area (Å²) in [4.78, 5) is 13.6. The zero-order valence-corrected chi connectivity index (χ0v) is 12.3. The first-order chi connectivity index (χ1) is 8.04. The molecule has 0 heterocycles. The van der Waals surface area contributed by atoms with E-state index in [2.05, 4.69) is 11.6 Å². The fourth-order valence-electron chi connectivity index (χ4n) is 2.19. The van der Waals surface area contributed by atoms with E-state index in [0.717, 1.165) is 5.25 Å². The zero-order valence-electron chi connectivity index (χ0n) is 11.5. The summed E-state index contributed by atoms with van der Waals surface area (Å²) in [6.45, 7) is 4.57. The second-order valence-electron chi connectivity index (χ2n) is 5.20. The molecule has 1 fully saturated rings. The summed E-state index contributed by atoms with van der Waals surface area (Å²) in [5.41, 5.74) is 0. The van der Waals surface area contributed by atoms with Crippen LogP contribution in [0, 0.1) is 0 Å². The van der Waals surface area contributed by atoms with Crippen molar-refractivity contribution in [1.29, 1.82) is 0 Å². The van der Waals surface area contributed by atoms with Crippen LogP contribution in [-0.2, 0) is 4.79 Å². The lowest BCUT2D eigenvalue weighted by atomic mass is 9.95. The Morgan fingerprint density at radius 2 is 2.18 bits per heavy atom. The molecule has 1 rings (SSSR count). The maximum absolute atomic E-state index is 11.8. The van der Waals surface area contributed by atoms with Crippen LogP contribution in [0.3, 0.4) is 0 Å². The number of nitrogens with one attached hydrogen (secondary N) is 1. The number of nitrogens with zero attached hydrogens (tertiary/aromatic N) is 1. The monoisotopic (exact) mass is 258 g/mol. The van der Waals surface area contributed by atoms with Crippen molar-refractivity contribution in [2.24, 2.45) is 0 Å². The highest BCUT2D eigenvalue weighted by Crippen LogP contribution is 2.26. The second kappa shape index (κ2) is 7.27. The van der Waals surface area contributed by atoms with Gasteiger partial charge in [0, 0.05) is 24.4 Å². The minimum atomic E-state index is 0.200. The largest absolute Gasteiger partial charge is 0.342 e. The molecule has 0 bridgehead atoms. The van der Waals surface area contributed by atoms with Gasteiger partial charge in [0.15, 0.2) is 0 Å². The van der Waals surface area contributed by atoms with Crippen molar-refractivity contribution in [3.05, 3.63) is 0 Å². The van der Waals surface area contributed by atoms with E-state index in [0.29, 0.717) is 12.6 Å². The first-order valence-electron chi connectivity index (χ1n) is 6.56. The Bertz CT molecular complexity index is 246. The fraction of sp³-hybridized carbons (Fsp3) is 0.923. The Kier molecular flexibility index (Phi) is 6.34. The molecule has 0 aromatic carbocycles. The average Bonchev–Trinajstić information content (AvgIpc) is 2.35. The molecule has 0 spiro atoms. The number of thioether (sulfide) groups is 1. The van der Waals surface area contributed by atoms with Crippen LogP contribution in [0.25, 0.3) is 0 Å². The highest BCUT2D eigenvalue weighted by molar-refractivity contribution is 7.99. The summed E-state index contributed by atoms with van der Waals surface area (Å²) >= 11 is 1.96. The van der Waals surface area contributed by atoms with Crippen molar-refractivity contribution in [3.63, 3.8) is 0 Å². The minimum Gasteiger partial charge on any atom is -0.342 e. The normalized spacial score (nSPS) is 25.0. The average molecular weight is 258 g/mol. The van der Waals surface area contributed by atoms with E-state index in [1.165, 1.54) is 25.7 Å². The van der Waals surface area contributed by atoms with Crippen molar-refractivity contribution in [2.45, 2.75) is 56.9 Å². The molecule has 0 aliphatic heterocycles. The van der Waals surface area contributed by atoms with E-state index < -0.39 is 0 Å². The van der Waals surface area contributed by atoms with Crippen molar-refractivity contribution in [3.8, 4) is 0 Å². The maximum Gasteiger partial charge on any atom is 0.236 e. The molecular weight excluding hydrogens is 232 g/mol. The van der Waals surface area contributed by atoms with Gasteiger partial charge >= 0.3 is 0 Å². The summed E-state index contributed by atoms with van der Waals surface area (Å²) < 4.78 is 0. The Hall–Kier alpha value is -0.220. The van der Waals surface area contributed by atoms with Crippen molar-refractivity contribution in [1.82, 2.24) is 10.2 Å². The molecule has 1 saturated carbocycles. The molecular formula is C13H26N2OS. The number of likely N-dealkylation sites (N-methyl/N-ethyl adjacent to an activating group) is 1. The lowest BCUT2D eigenvalue weighted by molar-refractivity contribution is -0.130. The second-order valence-corrected chi connectivity index (χ2v) is 6.34. The van der Waals surface area contributed by atoms with Crippen molar-refractivity contribution < 1.29 is 4.79 Å². The molecule has 1 aliphatic carbocycles. The van der Waals surface area contributed by atoms with Crippen molar-refractivity contribution in [2.75, 3.05) is 19.8 Å². The fourth-order valence-corrected chi connectivity index (χ4v) is 3.02. The number of carbonyl (C=O) groups excluding carboxylic acids is 1. The van der Waals surface area contributed by atoms with E-state index in [9.17, 15) is 4.79 Å². The van der Waals surface area contributed by atoms with E-state index in [4.69, 9.17) is 0 Å². The molecule has 100 valence electrons. The number of hydrogen-bond acceptors (Lipinski definition) is 3. The van der Waals surface area contributed by atoms with Crippen LogP contribution in [0.1, 0.15) is 39.5 Å². The molecule has 0 radical (unpaired) electrons. The Balaban J connectivity index is 2.28. The molecule has 1 amide bonds. The number of rotatable bonds is 5. The van der Waals surface area contributed by atoms with Crippen LogP contribution in [0.15, 0.2) is 0 Å². The summed E-state index contributed by atoms with van der Waals surface area (Å²) in [5.74, 6) is 0.200. The lowest BCUT2D eigenvalue weighted by Gasteiger charge is -2.29. The van der Waals surface area contributed by atoms with Gasteiger partial charge in [0.2, 0.25) is 5.91 Å². The molecule has 0 saturated heterocycles. The lowest BCUT2D eigenvalue weighted by Crippen LogP contribution is -2.44. The molecule has 4 heteroatoms. The molecule has 0 aromatic rings. The quantitative estimate of drug-likeness (QED) is 0.820. The van der Waals surface area contributed by atoms with Gasteiger partial charge in [-0.25, -0.2) is 0 Å². The maximum atomic E-state index is 11.8. The summed E-state index contributed by atoms with van der Waals surface area (Å²) in [6.07, 6.45) is 7.23. The van der Waals surface area contributed by atoms with Gasteiger partial charge in [-0.2, -0.15) is 11.8 Å². The van der Waals surface area contributed by atoms with E-state index in [-0.39, 0.29) is 11.9 Å². The third-order valence-electron chi connectivity index (χ3n) is 3.67. The topological polar surface area (TPSA) is 32.3 Å². The number of carbonyl (C=O) groups is 1. The first-order valence-corrected chi connectivity index (χ1v) is 7.85. The standard InChI is InChI=1S/C13H26N2OS/c1-10(2)15(3)13(16)9-14-11-6-5-7-12(8-11)17-4/h10-12,14H,5-9H2,1-4H3. The van der Waals surface area contributed by atoms with Crippen molar-refractivity contribution >= 4 is 17.7 Å². The van der Waals surface area contributed by atoms with Crippen LogP contribution < -0.4 is 5.32 Å². The highest BCUT2D eigenvalue weighted by atomic mass is 32.2. The van der Waals surface area contributed by atoms with Gasteiger partial charge < -0.3 is 10.2 Å². The third-order valence-corrected chi connectivity index (χ3v) is 4.76. The predicted octanol–water partition coefficient (Wildman–Crippen LogP) is 2.12. The van der Waals surface area contributed by atoms with Gasteiger partial charge in [-0.3, -0.25) is 4.79 Å². The molecule has 2 atom stereocenters. The summed E-state index contributed by atoms with van der Waals surface area (Å²) in [5, 5.41) is 4.19. The third kappa shape index (κ3) is 4.88. The SMILES string of the molecule is CSC1CCCC(NCC(=O)N(C)C(C)C)C1. The molecule has 1 aliphatic rings.